The van der Waals surface area contributed by atoms with Crippen molar-refractivity contribution >= 4 is 23.0 Å². The smallest absolute Gasteiger partial charge is 0.0907 e. The Balaban J connectivity index is 2.16. The fourth-order valence-corrected chi connectivity index (χ4v) is 1.40. The van der Waals surface area contributed by atoms with Crippen LogP contribution in [0.4, 0.5) is 11.4 Å². The van der Waals surface area contributed by atoms with Gasteiger partial charge in [-0.3, -0.25) is 0 Å². The van der Waals surface area contributed by atoms with Crippen LogP contribution in [-0.4, -0.2) is 0 Å². The number of halogens is 1. The lowest BCUT2D eigenvalue weighted by Crippen LogP contribution is -2.04. The first-order valence-electron chi connectivity index (χ1n) is 5.15. The van der Waals surface area contributed by atoms with E-state index < -0.39 is 0 Å². The maximum atomic E-state index is 10.7. The third-order valence-electron chi connectivity index (χ3n) is 2.14. The number of nitroso groups, excluding NO2 is 1. The number of rotatable bonds is 4. The molecule has 0 spiro atoms. The van der Waals surface area contributed by atoms with E-state index in [9.17, 15) is 4.91 Å². The maximum Gasteiger partial charge on any atom is 0.0907 e. The predicted molar refractivity (Wildman–Crippen MR) is 70.7 cm³/mol. The number of anilines is 1. The number of benzene rings is 2. The van der Waals surface area contributed by atoms with Gasteiger partial charge in [-0.15, -0.1) is 10.0 Å². The quantitative estimate of drug-likeness (QED) is 0.461. The molecule has 0 bridgehead atoms. The molecule has 0 amide bonds. The molecule has 2 aromatic carbocycles. The third-order valence-corrected chi connectivity index (χ3v) is 2.39. The van der Waals surface area contributed by atoms with Crippen molar-refractivity contribution in [2.24, 2.45) is 15.6 Å². The van der Waals surface area contributed by atoms with Crippen LogP contribution in [0.2, 0.25) is 5.02 Å². The van der Waals surface area contributed by atoms with E-state index in [1.54, 1.807) is 48.5 Å². The van der Waals surface area contributed by atoms with Crippen molar-refractivity contribution < 1.29 is 0 Å². The van der Waals surface area contributed by atoms with E-state index in [4.69, 9.17) is 11.6 Å². The van der Waals surface area contributed by atoms with E-state index in [0.29, 0.717) is 16.4 Å². The summed E-state index contributed by atoms with van der Waals surface area (Å²) in [6.45, 7) is 0. The molecule has 0 aliphatic rings. The average Bonchev–Trinajstić information content (AvgIpc) is 2.43. The molecule has 18 heavy (non-hydrogen) atoms. The van der Waals surface area contributed by atoms with Gasteiger partial charge < -0.3 is 0 Å². The van der Waals surface area contributed by atoms with Gasteiger partial charge in [0.05, 0.1) is 16.7 Å². The van der Waals surface area contributed by atoms with Gasteiger partial charge in [-0.1, -0.05) is 34.9 Å². The molecule has 90 valence electrons. The zero-order chi connectivity index (χ0) is 12.8. The highest BCUT2D eigenvalue weighted by Crippen LogP contribution is 2.19. The van der Waals surface area contributed by atoms with Crippen LogP contribution in [0.5, 0.6) is 0 Å². The molecule has 0 aliphatic carbocycles. The molecule has 0 aliphatic heterocycles. The van der Waals surface area contributed by atoms with Crippen LogP contribution in [0, 0.1) is 4.91 Å². The van der Waals surface area contributed by atoms with Gasteiger partial charge >= 0.3 is 0 Å². The minimum absolute atomic E-state index is 0.546. The number of hydrogen-bond acceptors (Lipinski definition) is 4. The average molecular weight is 261 g/mol. The van der Waals surface area contributed by atoms with Crippen molar-refractivity contribution in [3.8, 4) is 0 Å². The van der Waals surface area contributed by atoms with E-state index >= 15 is 0 Å². The van der Waals surface area contributed by atoms with Gasteiger partial charge in [0.2, 0.25) is 0 Å². The van der Waals surface area contributed by atoms with E-state index in [0.717, 1.165) is 5.12 Å². The summed E-state index contributed by atoms with van der Waals surface area (Å²) in [6.07, 6.45) is 0. The van der Waals surface area contributed by atoms with Crippen molar-refractivity contribution in [2.75, 3.05) is 5.12 Å². The molecule has 0 saturated carbocycles. The molecule has 0 fully saturated rings. The molecule has 0 N–H and O–H groups in total. The van der Waals surface area contributed by atoms with Crippen molar-refractivity contribution in [1.82, 2.24) is 0 Å². The summed E-state index contributed by atoms with van der Waals surface area (Å²) in [5.74, 6) is 0. The van der Waals surface area contributed by atoms with Gasteiger partial charge in [-0.25, -0.2) is 0 Å². The minimum Gasteiger partial charge on any atom is -0.131 e. The molecule has 2 aromatic rings. The summed E-state index contributed by atoms with van der Waals surface area (Å²) in [5.41, 5.74) is 1.13. The molecule has 0 aromatic heterocycles. The van der Waals surface area contributed by atoms with Crippen LogP contribution in [0.15, 0.2) is 70.2 Å². The highest BCUT2D eigenvalue weighted by molar-refractivity contribution is 6.30. The van der Waals surface area contributed by atoms with E-state index in [2.05, 4.69) is 15.6 Å². The minimum atomic E-state index is 0.546. The Morgan fingerprint density at radius 1 is 0.944 bits per heavy atom. The first kappa shape index (κ1) is 12.2. The van der Waals surface area contributed by atoms with Gasteiger partial charge in [0, 0.05) is 5.02 Å². The lowest BCUT2D eigenvalue weighted by atomic mass is 10.3. The van der Waals surface area contributed by atoms with Crippen LogP contribution in [0.1, 0.15) is 0 Å². The van der Waals surface area contributed by atoms with Gasteiger partial charge in [0.25, 0.3) is 0 Å². The van der Waals surface area contributed by atoms with Crippen molar-refractivity contribution in [2.45, 2.75) is 0 Å². The molecule has 2 rings (SSSR count). The Morgan fingerprint density at radius 2 is 1.61 bits per heavy atom. The first-order valence-corrected chi connectivity index (χ1v) is 5.53. The Hall–Kier alpha value is -2.27. The highest BCUT2D eigenvalue weighted by Gasteiger charge is 2.03. The summed E-state index contributed by atoms with van der Waals surface area (Å²) in [5, 5.41) is 12.0. The molecule has 0 radical (unpaired) electrons. The summed E-state index contributed by atoms with van der Waals surface area (Å²) in [4.78, 5) is 10.7. The predicted octanol–water partition coefficient (Wildman–Crippen LogP) is 4.53. The van der Waals surface area contributed by atoms with Gasteiger partial charge in [-0.2, -0.15) is 0 Å². The van der Waals surface area contributed by atoms with Crippen LogP contribution in [0.3, 0.4) is 0 Å². The molecular weight excluding hydrogens is 252 g/mol. The maximum absolute atomic E-state index is 10.7. The monoisotopic (exact) mass is 260 g/mol. The van der Waals surface area contributed by atoms with Crippen molar-refractivity contribution in [3.05, 3.63) is 64.5 Å². The normalized spacial score (nSPS) is 10.5. The highest BCUT2D eigenvalue weighted by atomic mass is 35.5. The van der Waals surface area contributed by atoms with E-state index in [-0.39, 0.29) is 0 Å². The zero-order valence-corrected chi connectivity index (χ0v) is 10.0. The molecule has 0 heterocycles. The SMILES string of the molecule is O=NN(N=Nc1ccc(Cl)cc1)c1ccccc1. The number of para-hydroxylation sites is 1. The molecule has 5 nitrogen and oxygen atoms in total. The second kappa shape index (κ2) is 5.88. The van der Waals surface area contributed by atoms with Crippen molar-refractivity contribution in [1.29, 1.82) is 0 Å². The van der Waals surface area contributed by atoms with Gasteiger partial charge in [0.15, 0.2) is 0 Å². The molecule has 0 atom stereocenters. The van der Waals surface area contributed by atoms with Crippen molar-refractivity contribution in [3.63, 3.8) is 0 Å². The van der Waals surface area contributed by atoms with Crippen LogP contribution in [-0.2, 0) is 0 Å². The number of nitrogens with zero attached hydrogens (tertiary/aromatic N) is 4. The standard InChI is InChI=1S/C12H9ClN4O/c13-10-6-8-11(9-7-10)14-15-17(16-18)12-4-2-1-3-5-12/h1-9H. The first-order chi connectivity index (χ1) is 8.79. The Bertz CT molecular complexity index is 542. The second-order valence-electron chi connectivity index (χ2n) is 3.37. The Kier molecular flexibility index (Phi) is 3.98. The molecule has 0 saturated heterocycles. The van der Waals surface area contributed by atoms with Gasteiger partial charge in [-0.05, 0) is 41.6 Å². The van der Waals surface area contributed by atoms with E-state index in [1.807, 2.05) is 6.07 Å². The molecule has 0 unspecified atom stereocenters. The summed E-state index contributed by atoms with van der Waals surface area (Å²) < 4.78 is 0. The largest absolute Gasteiger partial charge is 0.131 e. The zero-order valence-electron chi connectivity index (χ0n) is 9.27. The van der Waals surface area contributed by atoms with Crippen LogP contribution >= 0.6 is 11.6 Å². The summed E-state index contributed by atoms with van der Waals surface area (Å²) in [6, 6.07) is 15.6. The molecular formula is C12H9ClN4O. The topological polar surface area (TPSA) is 57.4 Å². The Labute approximate surface area is 109 Å². The van der Waals surface area contributed by atoms with Crippen LogP contribution in [0.25, 0.3) is 0 Å². The Morgan fingerprint density at radius 3 is 2.22 bits per heavy atom. The third kappa shape index (κ3) is 3.11. The second-order valence-corrected chi connectivity index (χ2v) is 3.81. The fourth-order valence-electron chi connectivity index (χ4n) is 1.28. The van der Waals surface area contributed by atoms with Crippen LogP contribution < -0.4 is 5.12 Å². The lowest BCUT2D eigenvalue weighted by Gasteiger charge is -2.05. The summed E-state index contributed by atoms with van der Waals surface area (Å²) >= 11 is 5.75. The van der Waals surface area contributed by atoms with E-state index in [1.165, 1.54) is 0 Å². The fraction of sp³-hybridized carbons (Fsp3) is 0. The number of hydrogen-bond donors (Lipinski definition) is 0. The molecule has 6 heteroatoms. The summed E-state index contributed by atoms with van der Waals surface area (Å²) in [7, 11) is 0. The van der Waals surface area contributed by atoms with Gasteiger partial charge in [0.1, 0.15) is 0 Å². The lowest BCUT2D eigenvalue weighted by molar-refractivity contribution is 0.850.